The maximum absolute atomic E-state index is 5.81. The molecule has 0 amide bonds. The monoisotopic (exact) mass is 358 g/mol. The number of anilines is 1. The molecule has 102 valence electrons. The summed E-state index contributed by atoms with van der Waals surface area (Å²) in [6.45, 7) is 2.96. The first-order valence-corrected chi connectivity index (χ1v) is 8.30. The first kappa shape index (κ1) is 14.8. The van der Waals surface area contributed by atoms with Crippen molar-refractivity contribution >= 4 is 44.6 Å². The molecule has 5 heteroatoms. The van der Waals surface area contributed by atoms with Crippen LogP contribution in [-0.2, 0) is 13.0 Å². The van der Waals surface area contributed by atoms with Gasteiger partial charge in [-0.2, -0.15) is 0 Å². The highest BCUT2D eigenvalue weighted by Crippen LogP contribution is 2.26. The summed E-state index contributed by atoms with van der Waals surface area (Å²) in [6.07, 6.45) is 5.41. The molecule has 1 heterocycles. The first-order chi connectivity index (χ1) is 9.19. The van der Waals surface area contributed by atoms with Crippen molar-refractivity contribution in [2.75, 3.05) is 5.32 Å². The van der Waals surface area contributed by atoms with Crippen LogP contribution in [0.5, 0.6) is 0 Å². The Balaban J connectivity index is 1.96. The average molecular weight is 360 g/mol. The third-order valence-corrected chi connectivity index (χ3v) is 4.60. The van der Waals surface area contributed by atoms with Crippen molar-refractivity contribution in [3.63, 3.8) is 0 Å². The molecule has 2 nitrogen and oxygen atoms in total. The number of unbranched alkanes of at least 4 members (excludes halogenated alkanes) is 1. The van der Waals surface area contributed by atoms with Gasteiger partial charge in [0.05, 0.1) is 6.54 Å². The van der Waals surface area contributed by atoms with Gasteiger partial charge in [-0.15, -0.1) is 11.3 Å². The molecule has 0 aliphatic rings. The Kier molecular flexibility index (Phi) is 5.67. The third-order valence-electron chi connectivity index (χ3n) is 2.83. The van der Waals surface area contributed by atoms with Gasteiger partial charge < -0.3 is 5.32 Å². The maximum atomic E-state index is 5.81. The van der Waals surface area contributed by atoms with Crippen LogP contribution in [0.3, 0.4) is 0 Å². The number of aryl methyl sites for hydroxylation is 1. The minimum absolute atomic E-state index is 0.589. The smallest absolute Gasteiger partial charge is 0.183 e. The highest BCUT2D eigenvalue weighted by Gasteiger charge is 2.03. The molecule has 0 aliphatic heterocycles. The Morgan fingerprint density at radius 1 is 1.42 bits per heavy atom. The lowest BCUT2D eigenvalue weighted by molar-refractivity contribution is 0.795. The number of rotatable bonds is 6. The summed E-state index contributed by atoms with van der Waals surface area (Å²) in [6, 6.07) is 6.50. The van der Waals surface area contributed by atoms with Gasteiger partial charge in [-0.05, 0) is 46.5 Å². The second-order valence-electron chi connectivity index (χ2n) is 4.35. The zero-order valence-corrected chi connectivity index (χ0v) is 13.9. The molecule has 0 bridgehead atoms. The third kappa shape index (κ3) is 4.48. The fourth-order valence-corrected chi connectivity index (χ4v) is 3.27. The molecular weight excluding hydrogens is 344 g/mol. The fraction of sp³-hybridized carbons (Fsp3) is 0.357. The summed E-state index contributed by atoms with van der Waals surface area (Å²) < 4.78 is 1.70. The van der Waals surface area contributed by atoms with Crippen LogP contribution in [0, 0.1) is 0 Å². The van der Waals surface area contributed by atoms with Crippen LogP contribution in [0.2, 0.25) is 4.47 Å². The van der Waals surface area contributed by atoms with Crippen molar-refractivity contribution in [3.05, 3.63) is 43.8 Å². The summed E-state index contributed by atoms with van der Waals surface area (Å²) in [4.78, 5) is 5.16. The van der Waals surface area contributed by atoms with E-state index in [9.17, 15) is 0 Å². The van der Waals surface area contributed by atoms with E-state index in [0.29, 0.717) is 4.47 Å². The zero-order chi connectivity index (χ0) is 13.7. The number of aromatic nitrogens is 1. The van der Waals surface area contributed by atoms with Crippen LogP contribution in [0.25, 0.3) is 0 Å². The molecule has 0 atom stereocenters. The van der Waals surface area contributed by atoms with Gasteiger partial charge >= 0.3 is 0 Å². The van der Waals surface area contributed by atoms with Gasteiger partial charge in [0, 0.05) is 21.2 Å². The normalized spacial score (nSPS) is 10.7. The van der Waals surface area contributed by atoms with E-state index in [1.165, 1.54) is 29.7 Å². The van der Waals surface area contributed by atoms with Crippen molar-refractivity contribution in [2.24, 2.45) is 0 Å². The molecule has 2 aromatic rings. The van der Waals surface area contributed by atoms with Crippen LogP contribution in [0.15, 0.2) is 28.9 Å². The number of hydrogen-bond donors (Lipinski definition) is 1. The lowest BCUT2D eigenvalue weighted by Crippen LogP contribution is -1.98. The molecule has 1 N–H and O–H groups in total. The molecule has 0 saturated carbocycles. The Morgan fingerprint density at radius 3 is 2.89 bits per heavy atom. The topological polar surface area (TPSA) is 24.9 Å². The van der Waals surface area contributed by atoms with Gasteiger partial charge in [0.25, 0.3) is 0 Å². The molecule has 1 aromatic carbocycles. The van der Waals surface area contributed by atoms with E-state index >= 15 is 0 Å². The molecule has 0 aliphatic carbocycles. The van der Waals surface area contributed by atoms with Gasteiger partial charge in [0.2, 0.25) is 0 Å². The maximum Gasteiger partial charge on any atom is 0.183 e. The van der Waals surface area contributed by atoms with Gasteiger partial charge in [0.1, 0.15) is 0 Å². The highest BCUT2D eigenvalue weighted by atomic mass is 79.9. The summed E-state index contributed by atoms with van der Waals surface area (Å²) in [5, 5.41) is 3.39. The number of nitrogens with one attached hydrogen (secondary N) is 1. The van der Waals surface area contributed by atoms with Crippen LogP contribution >= 0.6 is 38.9 Å². The van der Waals surface area contributed by atoms with Crippen LogP contribution in [0.4, 0.5) is 5.69 Å². The highest BCUT2D eigenvalue weighted by molar-refractivity contribution is 9.10. The minimum Gasteiger partial charge on any atom is -0.379 e. The van der Waals surface area contributed by atoms with E-state index in [1.54, 1.807) is 0 Å². The molecule has 1 aromatic heterocycles. The SMILES string of the molecule is CCCCc1ccc(NCc2cnc(Cl)s2)c(Br)c1. The van der Waals surface area contributed by atoms with E-state index in [0.717, 1.165) is 28.0 Å². The lowest BCUT2D eigenvalue weighted by Gasteiger charge is -2.09. The van der Waals surface area contributed by atoms with Gasteiger partial charge in [0.15, 0.2) is 4.47 Å². The van der Waals surface area contributed by atoms with E-state index in [1.807, 2.05) is 6.20 Å². The molecule has 0 fully saturated rings. The number of benzene rings is 1. The van der Waals surface area contributed by atoms with Crippen molar-refractivity contribution in [2.45, 2.75) is 32.7 Å². The first-order valence-electron chi connectivity index (χ1n) is 6.31. The number of hydrogen-bond acceptors (Lipinski definition) is 3. The number of nitrogens with zero attached hydrogens (tertiary/aromatic N) is 1. The summed E-state index contributed by atoms with van der Waals surface area (Å²) in [7, 11) is 0. The van der Waals surface area contributed by atoms with Crippen LogP contribution in [0.1, 0.15) is 30.2 Å². The molecule has 0 radical (unpaired) electrons. The molecular formula is C14H16BrClN2S. The van der Waals surface area contributed by atoms with E-state index in [4.69, 9.17) is 11.6 Å². The molecule has 19 heavy (non-hydrogen) atoms. The summed E-state index contributed by atoms with van der Waals surface area (Å²) in [5.74, 6) is 0. The Morgan fingerprint density at radius 2 is 2.26 bits per heavy atom. The van der Waals surface area contributed by atoms with Crippen molar-refractivity contribution in [3.8, 4) is 0 Å². The lowest BCUT2D eigenvalue weighted by atomic mass is 10.1. The van der Waals surface area contributed by atoms with Crippen molar-refractivity contribution in [1.29, 1.82) is 0 Å². The number of halogens is 2. The molecule has 0 unspecified atom stereocenters. The second kappa shape index (κ2) is 7.27. The standard InChI is InChI=1S/C14H16BrClN2S/c1-2-3-4-10-5-6-13(12(15)7-10)17-8-11-9-18-14(16)19-11/h5-7,9,17H,2-4,8H2,1H3. The molecule has 0 spiro atoms. The Labute approximate surface area is 131 Å². The Bertz CT molecular complexity index is 542. The number of thiazole rings is 1. The minimum atomic E-state index is 0.589. The van der Waals surface area contributed by atoms with Crippen LogP contribution in [-0.4, -0.2) is 4.98 Å². The quantitative estimate of drug-likeness (QED) is 0.735. The van der Waals surface area contributed by atoms with E-state index < -0.39 is 0 Å². The predicted octanol–water partition coefficient (Wildman–Crippen LogP) is 5.51. The Hall–Kier alpha value is -0.580. The van der Waals surface area contributed by atoms with E-state index in [2.05, 4.69) is 51.4 Å². The molecule has 0 saturated heterocycles. The summed E-state index contributed by atoms with van der Waals surface area (Å²) >= 11 is 10.9. The van der Waals surface area contributed by atoms with E-state index in [-0.39, 0.29) is 0 Å². The largest absolute Gasteiger partial charge is 0.379 e. The van der Waals surface area contributed by atoms with Crippen LogP contribution < -0.4 is 5.32 Å². The van der Waals surface area contributed by atoms with Gasteiger partial charge in [-0.25, -0.2) is 4.98 Å². The average Bonchev–Trinajstić information content (AvgIpc) is 2.81. The van der Waals surface area contributed by atoms with Gasteiger partial charge in [-0.1, -0.05) is 31.0 Å². The summed E-state index contributed by atoms with van der Waals surface area (Å²) in [5.41, 5.74) is 2.48. The molecule has 2 rings (SSSR count). The van der Waals surface area contributed by atoms with Gasteiger partial charge in [-0.3, -0.25) is 0 Å². The zero-order valence-electron chi connectivity index (χ0n) is 10.7. The van der Waals surface area contributed by atoms with Crippen molar-refractivity contribution in [1.82, 2.24) is 4.98 Å². The fourth-order valence-electron chi connectivity index (χ4n) is 1.79. The predicted molar refractivity (Wildman–Crippen MR) is 87.2 cm³/mol. The van der Waals surface area contributed by atoms with Crippen molar-refractivity contribution < 1.29 is 0 Å². The second-order valence-corrected chi connectivity index (χ2v) is 6.90.